The highest BCUT2D eigenvalue weighted by atomic mass is 19.1. The summed E-state index contributed by atoms with van der Waals surface area (Å²) in [5.74, 6) is 0.392. The lowest BCUT2D eigenvalue weighted by molar-refractivity contribution is 0.686. The molecule has 0 N–H and O–H groups in total. The van der Waals surface area contributed by atoms with Gasteiger partial charge in [0.05, 0.1) is 11.7 Å². The summed E-state index contributed by atoms with van der Waals surface area (Å²) in [5.41, 5.74) is 17.9. The molecule has 0 heterocycles. The second-order valence-electron chi connectivity index (χ2n) is 17.5. The van der Waals surface area contributed by atoms with Gasteiger partial charge in [0.15, 0.2) is 0 Å². The Balaban J connectivity index is 0.000000190. The average Bonchev–Trinajstić information content (AvgIpc) is 3.66. The first kappa shape index (κ1) is 47.1. The molecular formula is C65H65F. The molecule has 0 saturated carbocycles. The quantitative estimate of drug-likeness (QED) is 0.114. The van der Waals surface area contributed by atoms with Gasteiger partial charge in [0.2, 0.25) is 0 Å². The second kappa shape index (κ2) is 22.9. The average molecular weight is 865 g/mol. The number of fused-ring (bicyclic) bond motifs is 3. The zero-order valence-corrected chi connectivity index (χ0v) is 39.8. The topological polar surface area (TPSA) is 0 Å². The smallest absolute Gasteiger partial charge is 0.0869 e. The highest BCUT2D eigenvalue weighted by Gasteiger charge is 2.48. The normalized spacial score (nSPS) is 16.0. The van der Waals surface area contributed by atoms with E-state index in [0.717, 1.165) is 18.4 Å². The van der Waals surface area contributed by atoms with Crippen LogP contribution in [-0.2, 0) is 11.8 Å². The summed E-state index contributed by atoms with van der Waals surface area (Å²) in [6.07, 6.45) is 22.7. The molecule has 2 unspecified atom stereocenters. The van der Waals surface area contributed by atoms with Crippen LogP contribution in [-0.4, -0.2) is 0 Å². The van der Waals surface area contributed by atoms with Crippen LogP contribution in [0.5, 0.6) is 0 Å². The Bertz CT molecular complexity index is 2900. The van der Waals surface area contributed by atoms with Crippen molar-refractivity contribution >= 4 is 22.4 Å². The first-order valence-corrected chi connectivity index (χ1v) is 23.9. The second-order valence-corrected chi connectivity index (χ2v) is 17.5. The van der Waals surface area contributed by atoms with Gasteiger partial charge >= 0.3 is 0 Å². The third kappa shape index (κ3) is 10.3. The van der Waals surface area contributed by atoms with Crippen molar-refractivity contribution in [3.63, 3.8) is 0 Å². The molecule has 0 radical (unpaired) electrons. The van der Waals surface area contributed by atoms with E-state index in [9.17, 15) is 4.39 Å². The predicted molar refractivity (Wildman–Crippen MR) is 285 cm³/mol. The SMILES string of the molecule is CC(/C=C/c1ccc(-c2ccccc2)c2ccccc12)c1ccccc1.CCCC.C\C=C/C=C(\C=C\F)Cc1ccc(C2(c3ccccc3C)C3=C(C=CCC3)c3ccccc32)c(C)c1. The van der Waals surface area contributed by atoms with E-state index in [1.54, 1.807) is 6.08 Å². The molecule has 0 saturated heterocycles. The van der Waals surface area contributed by atoms with E-state index in [2.05, 4.69) is 223 Å². The van der Waals surface area contributed by atoms with Crippen molar-refractivity contribution in [3.05, 3.63) is 274 Å². The highest BCUT2D eigenvalue weighted by Crippen LogP contribution is 2.58. The maximum atomic E-state index is 13.0. The lowest BCUT2D eigenvalue weighted by atomic mass is 9.63. The molecule has 7 aromatic rings. The third-order valence-corrected chi connectivity index (χ3v) is 13.1. The van der Waals surface area contributed by atoms with Gasteiger partial charge in [0, 0.05) is 0 Å². The van der Waals surface area contributed by atoms with Gasteiger partial charge in [-0.25, -0.2) is 4.39 Å². The van der Waals surface area contributed by atoms with Crippen molar-refractivity contribution in [2.24, 2.45) is 0 Å². The maximum Gasteiger partial charge on any atom is 0.0869 e. The summed E-state index contributed by atoms with van der Waals surface area (Å²) < 4.78 is 13.0. The Morgan fingerprint density at radius 3 is 2.02 bits per heavy atom. The van der Waals surface area contributed by atoms with Gasteiger partial charge in [0.1, 0.15) is 0 Å². The summed E-state index contributed by atoms with van der Waals surface area (Å²) in [5, 5.41) is 2.60. The summed E-state index contributed by atoms with van der Waals surface area (Å²) in [7, 11) is 0. The lowest BCUT2D eigenvalue weighted by Crippen LogP contribution is -2.32. The van der Waals surface area contributed by atoms with Crippen LogP contribution in [0.2, 0.25) is 0 Å². The molecule has 2 aliphatic rings. The molecule has 332 valence electrons. The zero-order valence-electron chi connectivity index (χ0n) is 39.8. The van der Waals surface area contributed by atoms with E-state index in [1.165, 1.54) is 96.0 Å². The fourth-order valence-corrected chi connectivity index (χ4v) is 9.69. The Labute approximate surface area is 395 Å². The van der Waals surface area contributed by atoms with Crippen LogP contribution in [0.3, 0.4) is 0 Å². The van der Waals surface area contributed by atoms with Gasteiger partial charge in [-0.1, -0.05) is 240 Å². The number of allylic oxidation sites excluding steroid dienone is 10. The largest absolute Gasteiger partial charge is 0.216 e. The van der Waals surface area contributed by atoms with Crippen LogP contribution in [0.15, 0.2) is 224 Å². The van der Waals surface area contributed by atoms with E-state index in [4.69, 9.17) is 0 Å². The van der Waals surface area contributed by atoms with Gasteiger partial charge in [-0.2, -0.15) is 0 Å². The van der Waals surface area contributed by atoms with Crippen molar-refractivity contribution < 1.29 is 4.39 Å². The van der Waals surface area contributed by atoms with Gasteiger partial charge < -0.3 is 0 Å². The van der Waals surface area contributed by atoms with Crippen LogP contribution >= 0.6 is 0 Å². The first-order chi connectivity index (χ1) is 32.3. The molecule has 9 rings (SSSR count). The molecule has 0 spiro atoms. The van der Waals surface area contributed by atoms with Gasteiger partial charge in [0.25, 0.3) is 0 Å². The Morgan fingerprint density at radius 1 is 0.667 bits per heavy atom. The van der Waals surface area contributed by atoms with Gasteiger partial charge in [-0.15, -0.1) is 0 Å². The third-order valence-electron chi connectivity index (χ3n) is 13.1. The van der Waals surface area contributed by atoms with Crippen LogP contribution in [0, 0.1) is 13.8 Å². The highest BCUT2D eigenvalue weighted by molar-refractivity contribution is 6.01. The van der Waals surface area contributed by atoms with Crippen molar-refractivity contribution in [3.8, 4) is 11.1 Å². The van der Waals surface area contributed by atoms with Crippen LogP contribution < -0.4 is 0 Å². The number of hydrogen-bond donors (Lipinski definition) is 0. The number of hydrogen-bond acceptors (Lipinski definition) is 0. The Hall–Kier alpha value is -6.83. The van der Waals surface area contributed by atoms with Crippen LogP contribution in [0.1, 0.15) is 109 Å². The molecule has 0 aliphatic heterocycles. The van der Waals surface area contributed by atoms with Gasteiger partial charge in [-0.3, -0.25) is 0 Å². The summed E-state index contributed by atoms with van der Waals surface area (Å²) in [6.45, 7) is 13.0. The van der Waals surface area contributed by atoms with Crippen LogP contribution in [0.4, 0.5) is 4.39 Å². The standard InChI is InChI=1S/C35H33F.C26H22.C4H10/c1-4-5-13-27(21-22-36)24-28-19-20-32(26(3)23-28)35(31-16-9-6-12-25(31)2)33-17-10-7-14-29(33)30-15-8-11-18-34(30)35;1-20(21-10-4-2-5-11-21)16-17-23-18-19-25(22-12-6-3-7-13-22)26-15-9-8-14-24(23)26;1-3-4-2/h4-10,12-17,19-23H,11,18,24H2,1-3H3;2-20H,1H3;3-4H2,1-2H3/b5-4-,22-21+,27-13+;17-16+;. The monoisotopic (exact) mass is 865 g/mol. The van der Waals surface area contributed by atoms with E-state index in [0.29, 0.717) is 18.7 Å². The molecule has 0 fully saturated rings. The first-order valence-electron chi connectivity index (χ1n) is 23.9. The molecule has 2 aliphatic carbocycles. The summed E-state index contributed by atoms with van der Waals surface area (Å²) in [6, 6.07) is 59.1. The molecular weight excluding hydrogens is 800 g/mol. The minimum Gasteiger partial charge on any atom is -0.216 e. The molecule has 2 atom stereocenters. The summed E-state index contributed by atoms with van der Waals surface area (Å²) in [4.78, 5) is 0. The number of halogens is 1. The Kier molecular flexibility index (Phi) is 16.3. The fourth-order valence-electron chi connectivity index (χ4n) is 9.69. The van der Waals surface area contributed by atoms with Gasteiger partial charge in [-0.05, 0) is 141 Å². The molecule has 66 heavy (non-hydrogen) atoms. The Morgan fingerprint density at radius 2 is 1.32 bits per heavy atom. The van der Waals surface area contributed by atoms with E-state index in [1.807, 2.05) is 25.2 Å². The molecule has 0 bridgehead atoms. The molecule has 0 aromatic heterocycles. The maximum absolute atomic E-state index is 13.0. The predicted octanol–water partition coefficient (Wildman–Crippen LogP) is 18.4. The van der Waals surface area contributed by atoms with Crippen LogP contribution in [0.25, 0.3) is 33.5 Å². The number of unbranched alkanes of at least 4 members (excludes halogenated alkanes) is 1. The number of benzene rings is 7. The minimum absolute atomic E-state index is 0.312. The zero-order chi connectivity index (χ0) is 46.3. The molecule has 0 amide bonds. The molecule has 0 nitrogen and oxygen atoms in total. The van der Waals surface area contributed by atoms with E-state index in [-0.39, 0.29) is 5.41 Å². The number of aryl methyl sites for hydroxylation is 2. The fraction of sp³-hybridized carbons (Fsp3) is 0.200. The van der Waals surface area contributed by atoms with Crippen molar-refractivity contribution in [1.29, 1.82) is 0 Å². The number of rotatable bonds is 11. The lowest BCUT2D eigenvalue weighted by Gasteiger charge is -2.38. The van der Waals surface area contributed by atoms with E-state index >= 15 is 0 Å². The summed E-state index contributed by atoms with van der Waals surface area (Å²) >= 11 is 0. The minimum atomic E-state index is -0.312. The van der Waals surface area contributed by atoms with Crippen molar-refractivity contribution in [1.82, 2.24) is 0 Å². The van der Waals surface area contributed by atoms with Crippen molar-refractivity contribution in [2.45, 2.75) is 85.0 Å². The van der Waals surface area contributed by atoms with E-state index < -0.39 is 0 Å². The van der Waals surface area contributed by atoms with Crippen molar-refractivity contribution in [2.75, 3.05) is 0 Å². The molecule has 1 heteroatoms. The molecule has 7 aromatic carbocycles.